The van der Waals surface area contributed by atoms with Gasteiger partial charge in [-0.1, -0.05) is 6.07 Å². The molecular weight excluding hydrogens is 221 g/mol. The standard InChI is InChI=1S/C10H9B2FN2O2/c13-10-3-8(1-2-9(10)4-14)5-15(11-6-16-11)12-7-17-12/h1-3H,5-7H2. The molecule has 1 aromatic carbocycles. The lowest BCUT2D eigenvalue weighted by Gasteiger charge is -2.14. The second-order valence-electron chi connectivity index (χ2n) is 4.17. The van der Waals surface area contributed by atoms with Gasteiger partial charge in [0.05, 0.1) is 18.6 Å². The largest absolute Gasteiger partial charge is 0.424 e. The molecule has 17 heavy (non-hydrogen) atoms. The summed E-state index contributed by atoms with van der Waals surface area (Å²) in [6, 6.07) is 6.47. The van der Waals surface area contributed by atoms with E-state index in [4.69, 9.17) is 14.6 Å². The Morgan fingerprint density at radius 3 is 2.47 bits per heavy atom. The van der Waals surface area contributed by atoms with Gasteiger partial charge < -0.3 is 14.0 Å². The van der Waals surface area contributed by atoms with Gasteiger partial charge in [-0.2, -0.15) is 5.26 Å². The second-order valence-corrected chi connectivity index (χ2v) is 4.17. The van der Waals surface area contributed by atoms with Crippen LogP contribution in [-0.2, 0) is 15.9 Å². The lowest BCUT2D eigenvalue weighted by atomic mass is 9.76. The van der Waals surface area contributed by atoms with Gasteiger partial charge >= 0.3 is 14.1 Å². The maximum absolute atomic E-state index is 13.4. The molecule has 84 valence electrons. The molecule has 0 aliphatic carbocycles. The van der Waals surface area contributed by atoms with Crippen molar-refractivity contribution in [2.75, 3.05) is 13.0 Å². The van der Waals surface area contributed by atoms with Gasteiger partial charge in [0.2, 0.25) is 0 Å². The Hall–Kier alpha value is -1.35. The molecule has 2 heterocycles. The molecular formula is C10H9B2FN2O2. The predicted molar refractivity (Wildman–Crippen MR) is 60.1 cm³/mol. The summed E-state index contributed by atoms with van der Waals surface area (Å²) in [5.41, 5.74) is 0.901. The van der Waals surface area contributed by atoms with Crippen molar-refractivity contribution >= 4 is 14.1 Å². The maximum Gasteiger partial charge on any atom is 0.398 e. The highest BCUT2D eigenvalue weighted by molar-refractivity contribution is 6.73. The Labute approximate surface area is 99.2 Å². The lowest BCUT2D eigenvalue weighted by molar-refractivity contribution is 0.491. The Kier molecular flexibility index (Phi) is 2.63. The van der Waals surface area contributed by atoms with E-state index in [-0.39, 0.29) is 19.7 Å². The van der Waals surface area contributed by atoms with E-state index in [1.54, 1.807) is 6.07 Å². The van der Waals surface area contributed by atoms with Crippen molar-refractivity contribution in [3.8, 4) is 6.07 Å². The SMILES string of the molecule is N#Cc1ccc(CN(B2CO2)B2CO2)cc1F. The van der Waals surface area contributed by atoms with Crippen molar-refractivity contribution in [3.63, 3.8) is 0 Å². The van der Waals surface area contributed by atoms with E-state index in [1.807, 2.05) is 6.07 Å². The van der Waals surface area contributed by atoms with E-state index in [2.05, 4.69) is 4.72 Å². The van der Waals surface area contributed by atoms with E-state index >= 15 is 0 Å². The van der Waals surface area contributed by atoms with Crippen LogP contribution in [0.2, 0.25) is 0 Å². The van der Waals surface area contributed by atoms with Gasteiger partial charge in [0, 0.05) is 6.54 Å². The molecule has 0 unspecified atom stereocenters. The molecule has 2 aliphatic rings. The summed E-state index contributed by atoms with van der Waals surface area (Å²) in [7, 11) is 0.197. The first-order valence-corrected chi connectivity index (χ1v) is 5.45. The van der Waals surface area contributed by atoms with Crippen LogP contribution in [0.15, 0.2) is 18.2 Å². The monoisotopic (exact) mass is 230 g/mol. The molecule has 4 nitrogen and oxygen atoms in total. The van der Waals surface area contributed by atoms with Crippen molar-refractivity contribution in [1.29, 1.82) is 5.26 Å². The number of benzene rings is 1. The Morgan fingerprint density at radius 2 is 2.00 bits per heavy atom. The molecule has 0 bridgehead atoms. The molecule has 0 saturated carbocycles. The summed E-state index contributed by atoms with van der Waals surface area (Å²) in [6.07, 6.45) is 0. The third-order valence-corrected chi connectivity index (χ3v) is 2.89. The maximum atomic E-state index is 13.4. The van der Waals surface area contributed by atoms with Crippen molar-refractivity contribution in [1.82, 2.24) is 4.72 Å². The molecule has 0 radical (unpaired) electrons. The zero-order valence-corrected chi connectivity index (χ0v) is 9.10. The number of hydrogen-bond acceptors (Lipinski definition) is 4. The van der Waals surface area contributed by atoms with Crippen LogP contribution in [0.3, 0.4) is 0 Å². The minimum absolute atomic E-state index is 0.0747. The Balaban J connectivity index is 1.75. The van der Waals surface area contributed by atoms with Crippen molar-refractivity contribution in [3.05, 3.63) is 35.1 Å². The number of nitriles is 1. The van der Waals surface area contributed by atoms with Gasteiger partial charge in [-0.05, 0) is 17.7 Å². The average Bonchev–Trinajstić information content (AvgIpc) is 3.16. The first-order valence-electron chi connectivity index (χ1n) is 5.45. The van der Waals surface area contributed by atoms with E-state index in [9.17, 15) is 4.39 Å². The van der Waals surface area contributed by atoms with Gasteiger partial charge in [-0.3, -0.25) is 0 Å². The van der Waals surface area contributed by atoms with Gasteiger partial charge in [-0.15, -0.1) is 0 Å². The van der Waals surface area contributed by atoms with Crippen LogP contribution in [0.25, 0.3) is 0 Å². The predicted octanol–water partition coefficient (Wildman–Crippen LogP) is 0.615. The third-order valence-electron chi connectivity index (χ3n) is 2.89. The van der Waals surface area contributed by atoms with Crippen LogP contribution in [0.5, 0.6) is 0 Å². The topological polar surface area (TPSA) is 52.1 Å². The molecule has 2 aliphatic heterocycles. The second kappa shape index (κ2) is 4.15. The molecule has 0 spiro atoms. The van der Waals surface area contributed by atoms with Crippen molar-refractivity contribution in [2.45, 2.75) is 6.54 Å². The molecule has 0 aromatic heterocycles. The van der Waals surface area contributed by atoms with Crippen LogP contribution in [-0.4, -0.2) is 31.8 Å². The molecule has 2 fully saturated rings. The van der Waals surface area contributed by atoms with Gasteiger partial charge in [-0.25, -0.2) is 4.39 Å². The lowest BCUT2D eigenvalue weighted by Crippen LogP contribution is -2.36. The average molecular weight is 230 g/mol. The Bertz CT molecular complexity index is 474. The summed E-state index contributed by atoms with van der Waals surface area (Å²) in [4.78, 5) is 0. The van der Waals surface area contributed by atoms with Crippen LogP contribution in [0.1, 0.15) is 11.1 Å². The third kappa shape index (κ3) is 2.34. The van der Waals surface area contributed by atoms with E-state index in [0.717, 1.165) is 5.56 Å². The molecule has 0 amide bonds. The minimum Gasteiger partial charge on any atom is -0.424 e. The van der Waals surface area contributed by atoms with E-state index < -0.39 is 5.82 Å². The van der Waals surface area contributed by atoms with Crippen LogP contribution >= 0.6 is 0 Å². The fraction of sp³-hybridized carbons (Fsp3) is 0.300. The number of rotatable bonds is 4. The van der Waals surface area contributed by atoms with Crippen molar-refractivity contribution in [2.24, 2.45) is 0 Å². The number of hydrogen-bond donors (Lipinski definition) is 0. The summed E-state index contributed by atoms with van der Waals surface area (Å²) in [5.74, 6) is -0.474. The zero-order valence-electron chi connectivity index (χ0n) is 9.10. The molecule has 7 heteroatoms. The minimum atomic E-state index is -0.474. The number of nitrogens with zero attached hydrogens (tertiary/aromatic N) is 2. The van der Waals surface area contributed by atoms with E-state index in [0.29, 0.717) is 19.6 Å². The molecule has 0 N–H and O–H groups in total. The summed E-state index contributed by atoms with van der Waals surface area (Å²) in [5, 5.41) is 8.65. The van der Waals surface area contributed by atoms with Crippen molar-refractivity contribution < 1.29 is 13.7 Å². The van der Waals surface area contributed by atoms with Gasteiger partial charge in [0.1, 0.15) is 11.9 Å². The smallest absolute Gasteiger partial charge is 0.398 e. The number of halogens is 1. The summed E-state index contributed by atoms with van der Waals surface area (Å²) < 4.78 is 25.9. The van der Waals surface area contributed by atoms with Crippen LogP contribution in [0, 0.1) is 17.1 Å². The highest BCUT2D eigenvalue weighted by Gasteiger charge is 2.49. The highest BCUT2D eigenvalue weighted by Crippen LogP contribution is 2.22. The molecule has 2 saturated heterocycles. The fourth-order valence-corrected chi connectivity index (χ4v) is 1.82. The highest BCUT2D eigenvalue weighted by atomic mass is 19.1. The quantitative estimate of drug-likeness (QED) is 0.561. The zero-order chi connectivity index (χ0) is 11.8. The fourth-order valence-electron chi connectivity index (χ4n) is 1.82. The van der Waals surface area contributed by atoms with Gasteiger partial charge in [0.15, 0.2) is 0 Å². The first kappa shape index (κ1) is 10.8. The molecule has 3 rings (SSSR count). The molecule has 1 aromatic rings. The Morgan fingerprint density at radius 1 is 1.35 bits per heavy atom. The van der Waals surface area contributed by atoms with Crippen LogP contribution in [0.4, 0.5) is 4.39 Å². The summed E-state index contributed by atoms with van der Waals surface area (Å²) in [6.45, 7) is 2.00. The first-order chi connectivity index (χ1) is 8.28. The molecule has 0 atom stereocenters. The van der Waals surface area contributed by atoms with E-state index in [1.165, 1.54) is 12.1 Å². The van der Waals surface area contributed by atoms with Gasteiger partial charge in [0.25, 0.3) is 0 Å². The summed E-state index contributed by atoms with van der Waals surface area (Å²) >= 11 is 0. The van der Waals surface area contributed by atoms with Crippen LogP contribution < -0.4 is 0 Å². The normalized spacial score (nSPS) is 17.2.